The van der Waals surface area contributed by atoms with Crippen molar-refractivity contribution in [1.82, 2.24) is 5.43 Å². The number of hydrogen-bond acceptors (Lipinski definition) is 4. The zero-order chi connectivity index (χ0) is 4.41. The minimum Gasteiger partial charge on any atom is -0.266 e. The molecule has 0 spiro atoms. The van der Waals surface area contributed by atoms with Crippen molar-refractivity contribution in [3.63, 3.8) is 0 Å². The molecule has 0 bridgehead atoms. The van der Waals surface area contributed by atoms with Gasteiger partial charge >= 0.3 is 0 Å². The van der Waals surface area contributed by atoms with Crippen LogP contribution in [0, 0.1) is 0 Å². The molecule has 0 aromatic heterocycles. The van der Waals surface area contributed by atoms with Crippen molar-refractivity contribution in [3.8, 4) is 0 Å². The second-order valence-corrected chi connectivity index (χ2v) is 1.33. The van der Waals surface area contributed by atoms with Crippen LogP contribution < -0.4 is 5.43 Å². The first kappa shape index (κ1) is 3.71. The lowest BCUT2D eigenvalue weighted by Gasteiger charge is -1.90. The molecule has 1 N–H and O–H groups in total. The number of aliphatic imine (C=N–C) groups is 1. The third kappa shape index (κ3) is 0.530. The molecule has 1 aliphatic rings. The zero-order valence-electron chi connectivity index (χ0n) is 2.92. The third-order valence-electron chi connectivity index (χ3n) is 0.410. The lowest BCUT2D eigenvalue weighted by Crippen LogP contribution is -2.08. The molecular formula is C2H3N3S. The van der Waals surface area contributed by atoms with Gasteiger partial charge in [0.25, 0.3) is 0 Å². The molecule has 4 heteroatoms. The molecular weight excluding hydrogens is 98.1 g/mol. The number of rotatable bonds is 0. The predicted molar refractivity (Wildman–Crippen MR) is 25.8 cm³/mol. The maximum Gasteiger partial charge on any atom is 0.189 e. The van der Waals surface area contributed by atoms with Crippen LogP contribution in [-0.2, 0) is 0 Å². The number of nitrogens with one attached hydrogen (secondary N) is 1. The van der Waals surface area contributed by atoms with Gasteiger partial charge in [-0.15, -0.1) is 17.7 Å². The van der Waals surface area contributed by atoms with E-state index >= 15 is 0 Å². The molecule has 0 amide bonds. The monoisotopic (exact) mass is 101 g/mol. The van der Waals surface area contributed by atoms with E-state index < -0.39 is 0 Å². The minimum atomic E-state index is -0.162. The molecule has 32 valence electrons. The summed E-state index contributed by atoms with van der Waals surface area (Å²) in [7, 11) is 0. The van der Waals surface area contributed by atoms with Gasteiger partial charge in [-0.05, 0) is 0 Å². The van der Waals surface area contributed by atoms with Crippen molar-refractivity contribution in [2.45, 2.75) is 5.50 Å². The quantitative estimate of drug-likeness (QED) is 0.410. The number of thiol groups is 1. The summed E-state index contributed by atoms with van der Waals surface area (Å²) in [6, 6.07) is 2.33. The van der Waals surface area contributed by atoms with E-state index in [0.29, 0.717) is 0 Å². The first-order chi connectivity index (χ1) is 2.89. The highest BCUT2D eigenvalue weighted by Crippen LogP contribution is 1.91. The van der Waals surface area contributed by atoms with Crippen LogP contribution in [0.4, 0.5) is 0 Å². The van der Waals surface area contributed by atoms with Crippen LogP contribution in [0.15, 0.2) is 10.1 Å². The summed E-state index contributed by atoms with van der Waals surface area (Å²) in [6.45, 7) is 0. The fourth-order valence-electron chi connectivity index (χ4n) is 0.199. The van der Waals surface area contributed by atoms with Crippen molar-refractivity contribution < 1.29 is 0 Å². The smallest absolute Gasteiger partial charge is 0.189 e. The summed E-state index contributed by atoms with van der Waals surface area (Å²) in [5, 5.41) is 3.42. The van der Waals surface area contributed by atoms with Gasteiger partial charge in [-0.25, -0.2) is 0 Å². The SMILES string of the molecule is SC1N=C=NN1. The second kappa shape index (κ2) is 1.32. The summed E-state index contributed by atoms with van der Waals surface area (Å²) >= 11 is 3.86. The van der Waals surface area contributed by atoms with Crippen LogP contribution in [0.2, 0.25) is 0 Å². The predicted octanol–water partition coefficient (Wildman–Crippen LogP) is -0.108. The van der Waals surface area contributed by atoms with Crippen molar-refractivity contribution in [1.29, 1.82) is 0 Å². The Morgan fingerprint density at radius 3 is 2.83 bits per heavy atom. The van der Waals surface area contributed by atoms with E-state index in [2.05, 4.69) is 34.2 Å². The summed E-state index contributed by atoms with van der Waals surface area (Å²) in [6.07, 6.45) is 0. The average Bonchev–Trinajstić information content (AvgIpc) is 1.86. The Bertz CT molecular complexity index is 103. The molecule has 1 aliphatic heterocycles. The van der Waals surface area contributed by atoms with Crippen LogP contribution in [0.25, 0.3) is 0 Å². The Balaban J connectivity index is 2.55. The Morgan fingerprint density at radius 2 is 2.67 bits per heavy atom. The van der Waals surface area contributed by atoms with Crippen molar-refractivity contribution in [2.24, 2.45) is 10.1 Å². The zero-order valence-corrected chi connectivity index (χ0v) is 3.81. The van der Waals surface area contributed by atoms with E-state index in [1.54, 1.807) is 0 Å². The molecule has 1 heterocycles. The van der Waals surface area contributed by atoms with Gasteiger partial charge in [0.15, 0.2) is 5.50 Å². The number of hydrazone groups is 1. The molecule has 0 aromatic carbocycles. The molecule has 1 unspecified atom stereocenters. The molecule has 0 aromatic rings. The van der Waals surface area contributed by atoms with E-state index in [1.807, 2.05) is 0 Å². The van der Waals surface area contributed by atoms with Gasteiger partial charge in [-0.1, -0.05) is 0 Å². The van der Waals surface area contributed by atoms with E-state index in [0.717, 1.165) is 0 Å². The minimum absolute atomic E-state index is 0.162. The van der Waals surface area contributed by atoms with Gasteiger partial charge in [0.1, 0.15) is 6.01 Å². The lowest BCUT2D eigenvalue weighted by atomic mass is 11.2. The Hall–Kier alpha value is -0.470. The highest BCUT2D eigenvalue weighted by molar-refractivity contribution is 7.80. The summed E-state index contributed by atoms with van der Waals surface area (Å²) in [5.41, 5.74) is 2.37. The normalized spacial score (nSPS) is 27.8. The molecule has 0 saturated carbocycles. The second-order valence-electron chi connectivity index (χ2n) is 0.844. The molecule has 0 aliphatic carbocycles. The third-order valence-corrected chi connectivity index (χ3v) is 0.641. The summed E-state index contributed by atoms with van der Waals surface area (Å²) < 4.78 is 0. The lowest BCUT2D eigenvalue weighted by molar-refractivity contribution is 0.759. The van der Waals surface area contributed by atoms with Gasteiger partial charge in [-0.3, -0.25) is 5.43 Å². The molecule has 0 saturated heterocycles. The maximum atomic E-state index is 3.86. The van der Waals surface area contributed by atoms with E-state index in [9.17, 15) is 0 Å². The topological polar surface area (TPSA) is 36.8 Å². The number of hydrogen-bond donors (Lipinski definition) is 2. The van der Waals surface area contributed by atoms with E-state index in [-0.39, 0.29) is 5.50 Å². The van der Waals surface area contributed by atoms with Gasteiger partial charge in [0.2, 0.25) is 0 Å². The fourth-order valence-corrected chi connectivity index (χ4v) is 0.308. The maximum absolute atomic E-state index is 3.86. The standard InChI is InChI=1S/C2H3N3S/c6-2-3-1-4-5-2/h2,5-6H. The highest BCUT2D eigenvalue weighted by Gasteiger charge is 1.95. The van der Waals surface area contributed by atoms with Crippen LogP contribution in [0.3, 0.4) is 0 Å². The molecule has 0 fully saturated rings. The van der Waals surface area contributed by atoms with Crippen molar-refractivity contribution >= 4 is 18.6 Å². The van der Waals surface area contributed by atoms with Crippen LogP contribution in [-0.4, -0.2) is 11.5 Å². The molecule has 3 nitrogen and oxygen atoms in total. The molecule has 1 atom stereocenters. The van der Waals surface area contributed by atoms with E-state index in [4.69, 9.17) is 0 Å². The first-order valence-corrected chi connectivity index (χ1v) is 1.99. The van der Waals surface area contributed by atoms with Gasteiger partial charge in [0.05, 0.1) is 0 Å². The number of nitrogens with zero attached hydrogens (tertiary/aromatic N) is 2. The largest absolute Gasteiger partial charge is 0.266 e. The summed E-state index contributed by atoms with van der Waals surface area (Å²) in [4.78, 5) is 3.57. The Morgan fingerprint density at radius 1 is 1.83 bits per heavy atom. The van der Waals surface area contributed by atoms with Crippen LogP contribution in [0.1, 0.15) is 0 Å². The fraction of sp³-hybridized carbons (Fsp3) is 0.500. The Kier molecular flexibility index (Phi) is 0.819. The molecule has 1 rings (SSSR count). The first-order valence-electron chi connectivity index (χ1n) is 1.48. The summed E-state index contributed by atoms with van der Waals surface area (Å²) in [5.74, 6) is 0. The van der Waals surface area contributed by atoms with Crippen LogP contribution >= 0.6 is 12.6 Å². The van der Waals surface area contributed by atoms with Gasteiger partial charge in [-0.2, -0.15) is 4.99 Å². The molecule has 6 heavy (non-hydrogen) atoms. The highest BCUT2D eigenvalue weighted by atomic mass is 32.1. The van der Waals surface area contributed by atoms with Crippen LogP contribution in [0.5, 0.6) is 0 Å². The van der Waals surface area contributed by atoms with Crippen molar-refractivity contribution in [3.05, 3.63) is 0 Å². The molecule has 0 radical (unpaired) electrons. The Labute approximate surface area is 40.6 Å². The average molecular weight is 101 g/mol. The van der Waals surface area contributed by atoms with E-state index in [1.165, 1.54) is 0 Å². The van der Waals surface area contributed by atoms with Gasteiger partial charge < -0.3 is 0 Å². The van der Waals surface area contributed by atoms with Crippen molar-refractivity contribution in [2.75, 3.05) is 0 Å². The van der Waals surface area contributed by atoms with Gasteiger partial charge in [0, 0.05) is 0 Å².